The van der Waals surface area contributed by atoms with Crippen LogP contribution in [0.1, 0.15) is 38.8 Å². The molecule has 8 heteroatoms. The Morgan fingerprint density at radius 3 is 2.68 bits per heavy atom. The Kier molecular flexibility index (Phi) is 8.69. The highest BCUT2D eigenvalue weighted by Crippen LogP contribution is 2.22. The highest BCUT2D eigenvalue weighted by atomic mass is 16.2. The number of hydrogen-bond acceptors (Lipinski definition) is 7. The van der Waals surface area contributed by atoms with E-state index in [0.29, 0.717) is 43.1 Å². The molecule has 0 spiro atoms. The number of rotatable bonds is 10. The van der Waals surface area contributed by atoms with Gasteiger partial charge in [-0.15, -0.1) is 0 Å². The van der Waals surface area contributed by atoms with Crippen molar-refractivity contribution in [2.24, 2.45) is 16.6 Å². The lowest BCUT2D eigenvalue weighted by atomic mass is 10.0. The van der Waals surface area contributed by atoms with E-state index < -0.39 is 0 Å². The van der Waals surface area contributed by atoms with Crippen molar-refractivity contribution in [2.75, 3.05) is 25.4 Å². The predicted octanol–water partition coefficient (Wildman–Crippen LogP) is 1.25. The molecule has 138 valence electrons. The van der Waals surface area contributed by atoms with Gasteiger partial charge in [0.1, 0.15) is 17.8 Å². The minimum absolute atomic E-state index is 0.0505. The first-order valence-corrected chi connectivity index (χ1v) is 8.47. The van der Waals surface area contributed by atoms with Crippen molar-refractivity contribution >= 4 is 29.4 Å². The highest BCUT2D eigenvalue weighted by Gasteiger charge is 2.16. The number of hydrogen-bond donors (Lipinski definition) is 2. The zero-order valence-corrected chi connectivity index (χ0v) is 15.2. The second kappa shape index (κ2) is 10.5. The molecule has 0 aliphatic heterocycles. The Bertz CT molecular complexity index is 597. The van der Waals surface area contributed by atoms with Crippen molar-refractivity contribution in [3.63, 3.8) is 0 Å². The number of anilines is 1. The molecule has 0 fully saturated rings. The van der Waals surface area contributed by atoms with E-state index in [1.54, 1.807) is 6.21 Å². The number of amides is 1. The van der Waals surface area contributed by atoms with E-state index in [1.165, 1.54) is 18.2 Å². The molecule has 0 bridgehead atoms. The van der Waals surface area contributed by atoms with Gasteiger partial charge in [-0.1, -0.05) is 6.92 Å². The van der Waals surface area contributed by atoms with Gasteiger partial charge in [-0.25, -0.2) is 9.97 Å². The van der Waals surface area contributed by atoms with Crippen molar-refractivity contribution < 1.29 is 9.59 Å². The summed E-state index contributed by atoms with van der Waals surface area (Å²) < 4.78 is 0. The summed E-state index contributed by atoms with van der Waals surface area (Å²) in [6.45, 7) is 6.16. The average Bonchev–Trinajstić information content (AvgIpc) is 2.56. The maximum Gasteiger partial charge on any atom is 0.223 e. The summed E-state index contributed by atoms with van der Waals surface area (Å²) >= 11 is 0. The summed E-state index contributed by atoms with van der Waals surface area (Å²) in [6.07, 6.45) is 5.03. The Morgan fingerprint density at radius 1 is 1.40 bits per heavy atom. The van der Waals surface area contributed by atoms with Crippen LogP contribution in [-0.2, 0) is 9.59 Å². The van der Waals surface area contributed by atoms with E-state index in [9.17, 15) is 9.59 Å². The lowest BCUT2D eigenvalue weighted by molar-refractivity contribution is -0.135. The summed E-state index contributed by atoms with van der Waals surface area (Å²) in [5.74, 6) is 0.349. The van der Waals surface area contributed by atoms with Crippen LogP contribution in [0.3, 0.4) is 0 Å². The minimum Gasteiger partial charge on any atom is -0.382 e. The Labute approximate surface area is 148 Å². The van der Waals surface area contributed by atoms with Crippen molar-refractivity contribution in [1.29, 1.82) is 0 Å². The minimum atomic E-state index is -0.0637. The van der Waals surface area contributed by atoms with Gasteiger partial charge in [0.2, 0.25) is 5.91 Å². The first-order valence-electron chi connectivity index (χ1n) is 8.47. The van der Waals surface area contributed by atoms with Crippen molar-refractivity contribution in [1.82, 2.24) is 14.9 Å². The molecule has 1 amide bonds. The number of nitrogen functional groups attached to an aromatic ring is 1. The third-order valence-corrected chi connectivity index (χ3v) is 3.87. The SMILES string of the molecule is CCC(C=Nc1c(C)ncnc1N)CCC(=O)N(CCN)CC(C)=O. The second-order valence-electron chi connectivity index (χ2n) is 5.98. The van der Waals surface area contributed by atoms with Gasteiger partial charge >= 0.3 is 0 Å². The van der Waals surface area contributed by atoms with Gasteiger partial charge in [-0.05, 0) is 32.6 Å². The van der Waals surface area contributed by atoms with E-state index in [0.717, 1.165) is 6.42 Å². The van der Waals surface area contributed by atoms with Gasteiger partial charge in [-0.2, -0.15) is 0 Å². The summed E-state index contributed by atoms with van der Waals surface area (Å²) in [4.78, 5) is 37.5. The zero-order valence-electron chi connectivity index (χ0n) is 15.2. The first-order chi connectivity index (χ1) is 11.9. The van der Waals surface area contributed by atoms with Crippen LogP contribution in [-0.4, -0.2) is 52.4 Å². The van der Waals surface area contributed by atoms with Crippen molar-refractivity contribution in [2.45, 2.75) is 40.0 Å². The van der Waals surface area contributed by atoms with Gasteiger partial charge in [0.05, 0.1) is 12.2 Å². The van der Waals surface area contributed by atoms with Crippen LogP contribution in [0.2, 0.25) is 0 Å². The normalized spacial score (nSPS) is 12.3. The zero-order chi connectivity index (χ0) is 18.8. The number of aliphatic imine (C=N–C) groups is 1. The third kappa shape index (κ3) is 6.96. The topological polar surface area (TPSA) is 128 Å². The van der Waals surface area contributed by atoms with Crippen LogP contribution in [0.25, 0.3) is 0 Å². The molecule has 0 aliphatic carbocycles. The fourth-order valence-corrected chi connectivity index (χ4v) is 2.39. The molecule has 1 atom stereocenters. The predicted molar refractivity (Wildman–Crippen MR) is 98.7 cm³/mol. The molecule has 4 N–H and O–H groups in total. The van der Waals surface area contributed by atoms with E-state index in [4.69, 9.17) is 11.5 Å². The number of nitrogens with zero attached hydrogens (tertiary/aromatic N) is 4. The molecule has 8 nitrogen and oxygen atoms in total. The number of ketones is 1. The van der Waals surface area contributed by atoms with E-state index in [2.05, 4.69) is 15.0 Å². The number of Topliss-reactive ketones (excluding diaryl/α,β-unsaturated/α-hetero) is 1. The third-order valence-electron chi connectivity index (χ3n) is 3.87. The molecule has 0 aromatic carbocycles. The highest BCUT2D eigenvalue weighted by molar-refractivity contribution is 5.84. The summed E-state index contributed by atoms with van der Waals surface area (Å²) in [5, 5.41) is 0. The smallest absolute Gasteiger partial charge is 0.223 e. The molecule has 1 aromatic heterocycles. The molecule has 1 aromatic rings. The van der Waals surface area contributed by atoms with Crippen molar-refractivity contribution in [3.8, 4) is 0 Å². The van der Waals surface area contributed by atoms with Crippen LogP contribution >= 0.6 is 0 Å². The molecular weight excluding hydrogens is 320 g/mol. The summed E-state index contributed by atoms with van der Waals surface area (Å²) in [6, 6.07) is 0. The number of aryl methyl sites for hydroxylation is 1. The Morgan fingerprint density at radius 2 is 2.12 bits per heavy atom. The number of carbonyl (C=O) groups excluding carboxylic acids is 2. The van der Waals surface area contributed by atoms with Crippen molar-refractivity contribution in [3.05, 3.63) is 12.0 Å². The second-order valence-corrected chi connectivity index (χ2v) is 5.98. The van der Waals surface area contributed by atoms with Crippen LogP contribution < -0.4 is 11.5 Å². The number of nitrogens with two attached hydrogens (primary N) is 2. The largest absolute Gasteiger partial charge is 0.382 e. The lowest BCUT2D eigenvalue weighted by Gasteiger charge is -2.21. The molecule has 25 heavy (non-hydrogen) atoms. The Balaban J connectivity index is 2.67. The fourth-order valence-electron chi connectivity index (χ4n) is 2.39. The van der Waals surface area contributed by atoms with Gasteiger partial charge in [-0.3, -0.25) is 14.6 Å². The van der Waals surface area contributed by atoms with Crippen LogP contribution in [0.5, 0.6) is 0 Å². The van der Waals surface area contributed by atoms with Gasteiger partial charge in [0.25, 0.3) is 0 Å². The molecule has 1 rings (SSSR count). The molecule has 0 aliphatic rings. The summed E-state index contributed by atoms with van der Waals surface area (Å²) in [5.41, 5.74) is 12.6. The van der Waals surface area contributed by atoms with Crippen LogP contribution in [0.15, 0.2) is 11.3 Å². The van der Waals surface area contributed by atoms with Gasteiger partial charge in [0.15, 0.2) is 5.82 Å². The summed E-state index contributed by atoms with van der Waals surface area (Å²) in [7, 11) is 0. The van der Waals surface area contributed by atoms with E-state index in [1.807, 2.05) is 13.8 Å². The molecular formula is C17H28N6O2. The van der Waals surface area contributed by atoms with Crippen LogP contribution in [0.4, 0.5) is 11.5 Å². The number of carbonyl (C=O) groups is 2. The quantitative estimate of drug-likeness (QED) is 0.613. The van der Waals surface area contributed by atoms with E-state index in [-0.39, 0.29) is 24.2 Å². The van der Waals surface area contributed by atoms with Gasteiger partial charge in [0, 0.05) is 25.7 Å². The lowest BCUT2D eigenvalue weighted by Crippen LogP contribution is -2.38. The first kappa shape index (κ1) is 20.7. The standard InChI is InChI=1S/C17H28N6O2/c1-4-14(9-20-16-13(3)21-11-22-17(16)19)5-6-15(25)23(8-7-18)10-12(2)24/h9,11,14H,4-8,10,18H2,1-3H3,(H2,19,21,22). The Hall–Kier alpha value is -2.35. The average molecular weight is 348 g/mol. The monoisotopic (exact) mass is 348 g/mol. The van der Waals surface area contributed by atoms with Gasteiger partial charge < -0.3 is 16.4 Å². The molecule has 0 saturated carbocycles. The van der Waals surface area contributed by atoms with Crippen LogP contribution in [0, 0.1) is 12.8 Å². The maximum absolute atomic E-state index is 12.3. The molecule has 0 radical (unpaired) electrons. The van der Waals surface area contributed by atoms with E-state index >= 15 is 0 Å². The molecule has 1 unspecified atom stereocenters. The fraction of sp³-hybridized carbons (Fsp3) is 0.588. The maximum atomic E-state index is 12.3. The molecule has 0 saturated heterocycles. The number of aromatic nitrogens is 2. The molecule has 1 heterocycles.